The summed E-state index contributed by atoms with van der Waals surface area (Å²) >= 11 is 0. The highest BCUT2D eigenvalue weighted by molar-refractivity contribution is 9.10. The van der Waals surface area contributed by atoms with Crippen molar-refractivity contribution in [3.63, 3.8) is 0 Å². The van der Waals surface area contributed by atoms with Crippen molar-refractivity contribution in [2.45, 2.75) is 36.4 Å². The van der Waals surface area contributed by atoms with Crippen LogP contribution in [-0.2, 0) is 0 Å². The minimum Gasteiger partial charge on any atom is -0.307 e. The second-order valence-corrected chi connectivity index (χ2v) is 12.8. The molecule has 4 atom stereocenters. The molecule has 0 saturated carbocycles. The first kappa shape index (κ1) is 13.5. The lowest BCUT2D eigenvalue weighted by Crippen LogP contribution is -2.50. The van der Waals surface area contributed by atoms with Crippen LogP contribution in [-0.4, -0.2) is 34.1 Å². The third-order valence-corrected chi connectivity index (χ3v) is 12.0. The molecule has 0 aromatic rings. The van der Waals surface area contributed by atoms with E-state index in [1.165, 1.54) is 11.5 Å². The van der Waals surface area contributed by atoms with Crippen molar-refractivity contribution in [1.82, 2.24) is 5.32 Å². The molecular weight excluding hydrogens is 302 g/mol. The maximum atomic E-state index is 3.85. The van der Waals surface area contributed by atoms with Crippen LogP contribution in [0.2, 0.25) is 0 Å². The van der Waals surface area contributed by atoms with Crippen molar-refractivity contribution < 1.29 is 0 Å². The predicted octanol–water partition coefficient (Wildman–Crippen LogP) is 4.18. The quantitative estimate of drug-likeness (QED) is 0.757. The fraction of sp³-hybridized carbons (Fsp3) is 1.00. The van der Waals surface area contributed by atoms with Crippen molar-refractivity contribution in [2.75, 3.05) is 11.5 Å². The van der Waals surface area contributed by atoms with Crippen molar-refractivity contribution in [1.29, 1.82) is 0 Å². The minimum absolute atomic E-state index is 0.693. The first-order chi connectivity index (χ1) is 7.27. The summed E-state index contributed by atoms with van der Waals surface area (Å²) in [5, 5.41) is 5.33. The van der Waals surface area contributed by atoms with Gasteiger partial charge in [0.05, 0.1) is 0 Å². The molecule has 2 aliphatic rings. The highest BCUT2D eigenvalue weighted by Crippen LogP contribution is 2.46. The molecule has 2 heterocycles. The molecule has 2 aliphatic heterocycles. The Bertz CT molecular complexity index is 184. The number of hydrogen-bond acceptors (Lipinski definition) is 7. The van der Waals surface area contributed by atoms with Gasteiger partial charge in [-0.05, 0) is 19.7 Å². The van der Waals surface area contributed by atoms with Crippen LogP contribution in [0.25, 0.3) is 0 Å². The van der Waals surface area contributed by atoms with Gasteiger partial charge in [0.1, 0.15) is 0 Å². The van der Waals surface area contributed by atoms with Gasteiger partial charge in [-0.15, -0.1) is 0 Å². The first-order valence-corrected chi connectivity index (χ1v) is 12.4. The number of hydrogen-bond donors (Lipinski definition) is 1. The summed E-state index contributed by atoms with van der Waals surface area (Å²) in [6.45, 7) is 4.69. The lowest BCUT2D eigenvalue weighted by atomic mass is 10.2. The molecule has 0 spiro atoms. The van der Waals surface area contributed by atoms with Gasteiger partial charge in [-0.3, -0.25) is 0 Å². The minimum atomic E-state index is 0.693. The van der Waals surface area contributed by atoms with Gasteiger partial charge in [0.25, 0.3) is 0 Å². The third kappa shape index (κ3) is 4.03. The number of nitrogens with one attached hydrogen (secondary N) is 1. The zero-order chi connectivity index (χ0) is 10.7. The zero-order valence-electron chi connectivity index (χ0n) is 8.67. The van der Waals surface area contributed by atoms with Crippen LogP contribution in [0.15, 0.2) is 0 Å². The molecule has 15 heavy (non-hydrogen) atoms. The van der Waals surface area contributed by atoms with E-state index in [0.29, 0.717) is 12.1 Å². The van der Waals surface area contributed by atoms with Crippen molar-refractivity contribution >= 4 is 62.8 Å². The predicted molar refractivity (Wildman–Crippen MR) is 84.9 cm³/mol. The molecule has 0 aromatic carbocycles. The van der Waals surface area contributed by atoms with Gasteiger partial charge >= 0.3 is 0 Å². The smallest absolute Gasteiger partial charge is 0.0295 e. The van der Waals surface area contributed by atoms with Crippen LogP contribution < -0.4 is 5.32 Å². The normalized spacial score (nSPS) is 42.8. The lowest BCUT2D eigenvalue weighted by Gasteiger charge is -2.35. The van der Waals surface area contributed by atoms with Gasteiger partial charge in [-0.25, -0.2) is 0 Å². The van der Waals surface area contributed by atoms with E-state index >= 15 is 0 Å². The fourth-order valence-electron chi connectivity index (χ4n) is 1.43. The second kappa shape index (κ2) is 6.85. The van der Waals surface area contributed by atoms with Crippen molar-refractivity contribution in [3.8, 4) is 0 Å². The van der Waals surface area contributed by atoms with E-state index in [2.05, 4.69) is 19.2 Å². The van der Waals surface area contributed by atoms with Crippen molar-refractivity contribution in [2.24, 2.45) is 0 Å². The molecule has 0 radical (unpaired) electrons. The molecular formula is C8H15NS6. The largest absolute Gasteiger partial charge is 0.307 e. The van der Waals surface area contributed by atoms with Gasteiger partial charge in [0.2, 0.25) is 0 Å². The van der Waals surface area contributed by atoms with Gasteiger partial charge in [0, 0.05) is 34.1 Å². The average Bonchev–Trinajstić information content (AvgIpc) is 2.24. The molecule has 1 nitrogen and oxygen atoms in total. The van der Waals surface area contributed by atoms with Crippen LogP contribution in [0.1, 0.15) is 13.8 Å². The number of rotatable bonds is 2. The Kier molecular flexibility index (Phi) is 6.16. The maximum Gasteiger partial charge on any atom is 0.0295 e. The van der Waals surface area contributed by atoms with E-state index in [0.717, 1.165) is 10.5 Å². The third-order valence-electron chi connectivity index (χ3n) is 2.53. The van der Waals surface area contributed by atoms with Crippen LogP contribution in [0.5, 0.6) is 0 Å². The van der Waals surface area contributed by atoms with Gasteiger partial charge in [0.15, 0.2) is 0 Å². The Hall–Kier alpha value is 2.06. The molecule has 2 rings (SSSR count). The molecule has 0 aromatic heterocycles. The molecule has 2 fully saturated rings. The van der Waals surface area contributed by atoms with E-state index in [9.17, 15) is 0 Å². The van der Waals surface area contributed by atoms with Gasteiger partial charge < -0.3 is 5.32 Å². The molecule has 1 N–H and O–H groups in total. The average molecular weight is 318 g/mol. The Morgan fingerprint density at radius 1 is 0.867 bits per heavy atom. The van der Waals surface area contributed by atoms with Crippen LogP contribution in [0.3, 0.4) is 0 Å². The van der Waals surface area contributed by atoms with Crippen LogP contribution in [0, 0.1) is 0 Å². The van der Waals surface area contributed by atoms with E-state index in [1.54, 1.807) is 0 Å². The molecule has 7 heteroatoms. The van der Waals surface area contributed by atoms with E-state index in [1.807, 2.05) is 62.8 Å². The summed E-state index contributed by atoms with van der Waals surface area (Å²) in [5.41, 5.74) is 0. The van der Waals surface area contributed by atoms with Crippen LogP contribution >= 0.6 is 62.8 Å². The maximum absolute atomic E-state index is 3.85. The first-order valence-electron chi connectivity index (χ1n) is 4.93. The highest BCUT2D eigenvalue weighted by Gasteiger charge is 2.29. The fourth-order valence-corrected chi connectivity index (χ4v) is 11.1. The van der Waals surface area contributed by atoms with Gasteiger partial charge in [-0.2, -0.15) is 0 Å². The van der Waals surface area contributed by atoms with Crippen LogP contribution in [0.4, 0.5) is 0 Å². The van der Waals surface area contributed by atoms with Crippen molar-refractivity contribution in [3.05, 3.63) is 0 Å². The van der Waals surface area contributed by atoms with E-state index in [4.69, 9.17) is 0 Å². The summed E-state index contributed by atoms with van der Waals surface area (Å²) in [6.07, 6.45) is 0. The molecule has 0 aliphatic carbocycles. The topological polar surface area (TPSA) is 12.0 Å². The SMILES string of the molecule is CC1SSSCC1NC1CSSSC1C. The Morgan fingerprint density at radius 3 is 1.73 bits per heavy atom. The lowest BCUT2D eigenvalue weighted by molar-refractivity contribution is 0.472. The van der Waals surface area contributed by atoms with E-state index in [-0.39, 0.29) is 0 Å². The molecule has 0 bridgehead atoms. The standard InChI is InChI=1S/C8H15NS6/c1-5-7(3-10-14-12-5)9-8-4-11-15-13-6(8)2/h5-9H,3-4H2,1-2H3. The molecule has 4 unspecified atom stereocenters. The summed E-state index contributed by atoms with van der Waals surface area (Å²) in [5.74, 6) is 2.51. The van der Waals surface area contributed by atoms with E-state index < -0.39 is 0 Å². The molecule has 0 amide bonds. The summed E-state index contributed by atoms with van der Waals surface area (Å²) < 4.78 is 0. The highest BCUT2D eigenvalue weighted by atomic mass is 33.5. The summed E-state index contributed by atoms with van der Waals surface area (Å²) in [6, 6.07) is 1.39. The second-order valence-electron chi connectivity index (χ2n) is 3.69. The molecule has 88 valence electrons. The Morgan fingerprint density at radius 2 is 1.33 bits per heavy atom. The zero-order valence-corrected chi connectivity index (χ0v) is 13.6. The molecule has 2 saturated heterocycles. The Balaban J connectivity index is 1.83. The monoisotopic (exact) mass is 317 g/mol. The summed E-state index contributed by atoms with van der Waals surface area (Å²) in [7, 11) is 11.9. The van der Waals surface area contributed by atoms with Gasteiger partial charge in [-0.1, -0.05) is 57.0 Å². The summed E-state index contributed by atoms with van der Waals surface area (Å²) in [4.78, 5) is 0. The Labute approximate surface area is 115 Å².